The maximum atomic E-state index is 13.0. The van der Waals surface area contributed by atoms with Crippen LogP contribution in [0.15, 0.2) is 54.7 Å². The molecule has 0 radical (unpaired) electrons. The zero-order valence-corrected chi connectivity index (χ0v) is 14.8. The molecule has 0 aliphatic carbocycles. The van der Waals surface area contributed by atoms with E-state index < -0.39 is 0 Å². The van der Waals surface area contributed by atoms with Gasteiger partial charge in [-0.15, -0.1) is 0 Å². The predicted octanol–water partition coefficient (Wildman–Crippen LogP) is 3.99. The molecule has 2 heterocycles. The molecule has 4 rings (SSSR count). The van der Waals surface area contributed by atoms with Gasteiger partial charge in [0.25, 0.3) is 5.91 Å². The highest BCUT2D eigenvalue weighted by Gasteiger charge is 2.23. The first-order valence-corrected chi connectivity index (χ1v) is 8.84. The molecule has 0 bridgehead atoms. The zero-order chi connectivity index (χ0) is 18.1. The Morgan fingerprint density at radius 2 is 1.73 bits per heavy atom. The Labute approximate surface area is 155 Å². The number of amides is 1. The number of piperazine rings is 1. The van der Waals surface area contributed by atoms with Crippen molar-refractivity contribution >= 4 is 34.1 Å². The van der Waals surface area contributed by atoms with Crippen LogP contribution in [0.2, 0.25) is 5.02 Å². The van der Waals surface area contributed by atoms with Crippen LogP contribution in [-0.4, -0.2) is 42.0 Å². The first-order chi connectivity index (χ1) is 12.6. The van der Waals surface area contributed by atoms with Gasteiger partial charge in [0.1, 0.15) is 5.82 Å². The molecule has 0 saturated carbocycles. The monoisotopic (exact) mass is 369 g/mol. The van der Waals surface area contributed by atoms with Crippen LogP contribution >= 0.6 is 11.6 Å². The molecular formula is C20H17ClFN3O. The number of carbonyl (C=O) groups is 1. The van der Waals surface area contributed by atoms with Crippen molar-refractivity contribution < 1.29 is 9.18 Å². The van der Waals surface area contributed by atoms with Gasteiger partial charge in [0, 0.05) is 43.3 Å². The average Bonchev–Trinajstić information content (AvgIpc) is 2.69. The van der Waals surface area contributed by atoms with Gasteiger partial charge in [-0.05, 0) is 48.5 Å². The van der Waals surface area contributed by atoms with E-state index in [1.165, 1.54) is 24.3 Å². The number of fused-ring (bicyclic) bond motifs is 1. The van der Waals surface area contributed by atoms with E-state index in [0.717, 1.165) is 16.6 Å². The number of hydrogen-bond donors (Lipinski definition) is 0. The number of halogens is 2. The Kier molecular flexibility index (Phi) is 4.47. The molecule has 1 fully saturated rings. The molecule has 0 unspecified atom stereocenters. The predicted molar refractivity (Wildman–Crippen MR) is 101 cm³/mol. The minimum absolute atomic E-state index is 0.0660. The summed E-state index contributed by atoms with van der Waals surface area (Å²) >= 11 is 6.27. The van der Waals surface area contributed by atoms with Crippen LogP contribution in [0.3, 0.4) is 0 Å². The number of aromatic nitrogens is 1. The molecule has 3 aromatic rings. The van der Waals surface area contributed by atoms with Gasteiger partial charge in [0.2, 0.25) is 0 Å². The van der Waals surface area contributed by atoms with Gasteiger partial charge in [0.15, 0.2) is 0 Å². The van der Waals surface area contributed by atoms with Gasteiger partial charge in [-0.3, -0.25) is 9.78 Å². The van der Waals surface area contributed by atoms with E-state index in [-0.39, 0.29) is 11.7 Å². The Morgan fingerprint density at radius 1 is 1.00 bits per heavy atom. The summed E-state index contributed by atoms with van der Waals surface area (Å²) in [7, 11) is 0. The lowest BCUT2D eigenvalue weighted by atomic mass is 10.1. The first-order valence-electron chi connectivity index (χ1n) is 8.46. The van der Waals surface area contributed by atoms with Crippen LogP contribution in [0, 0.1) is 5.82 Å². The summed E-state index contributed by atoms with van der Waals surface area (Å²) in [4.78, 5) is 21.1. The van der Waals surface area contributed by atoms with Crippen molar-refractivity contribution in [3.05, 3.63) is 71.1 Å². The summed E-state index contributed by atoms with van der Waals surface area (Å²) in [6.07, 6.45) is 1.76. The maximum absolute atomic E-state index is 13.0. The third kappa shape index (κ3) is 3.10. The first kappa shape index (κ1) is 16.8. The normalized spacial score (nSPS) is 14.7. The minimum Gasteiger partial charge on any atom is -0.366 e. The Balaban J connectivity index is 1.51. The number of hydrogen-bond acceptors (Lipinski definition) is 3. The van der Waals surface area contributed by atoms with Crippen LogP contribution in [0.25, 0.3) is 10.9 Å². The zero-order valence-electron chi connectivity index (χ0n) is 14.0. The highest BCUT2D eigenvalue weighted by molar-refractivity contribution is 6.35. The lowest BCUT2D eigenvalue weighted by Gasteiger charge is -2.36. The third-order valence-corrected chi connectivity index (χ3v) is 5.02. The van der Waals surface area contributed by atoms with Crippen molar-refractivity contribution in [2.75, 3.05) is 31.1 Å². The molecule has 0 atom stereocenters. The molecular weight excluding hydrogens is 353 g/mol. The Bertz CT molecular complexity index is 953. The minimum atomic E-state index is -0.339. The highest BCUT2D eigenvalue weighted by atomic mass is 35.5. The molecule has 0 spiro atoms. The summed E-state index contributed by atoms with van der Waals surface area (Å²) in [5.74, 6) is -0.405. The smallest absolute Gasteiger partial charge is 0.253 e. The third-order valence-electron chi connectivity index (χ3n) is 4.69. The molecule has 1 aromatic heterocycles. The SMILES string of the molecule is O=C(c1ccc(F)cc1)N1CCN(c2ccc(Cl)c3cccnc23)CC1. The molecule has 26 heavy (non-hydrogen) atoms. The van der Waals surface area contributed by atoms with E-state index in [4.69, 9.17) is 11.6 Å². The van der Waals surface area contributed by atoms with Gasteiger partial charge in [-0.2, -0.15) is 0 Å². The van der Waals surface area contributed by atoms with Crippen molar-refractivity contribution in [2.45, 2.75) is 0 Å². The average molecular weight is 370 g/mol. The van der Waals surface area contributed by atoms with Gasteiger partial charge in [0.05, 0.1) is 16.2 Å². The van der Waals surface area contributed by atoms with E-state index in [0.29, 0.717) is 36.8 Å². The van der Waals surface area contributed by atoms with Crippen molar-refractivity contribution in [1.82, 2.24) is 9.88 Å². The van der Waals surface area contributed by atoms with E-state index in [1.807, 2.05) is 24.3 Å². The van der Waals surface area contributed by atoms with E-state index in [1.54, 1.807) is 11.1 Å². The number of nitrogens with zero attached hydrogens (tertiary/aromatic N) is 3. The van der Waals surface area contributed by atoms with E-state index in [2.05, 4.69) is 9.88 Å². The lowest BCUT2D eigenvalue weighted by Crippen LogP contribution is -2.48. The summed E-state index contributed by atoms with van der Waals surface area (Å²) in [6, 6.07) is 13.4. The Morgan fingerprint density at radius 3 is 2.46 bits per heavy atom. The van der Waals surface area contributed by atoms with Crippen LogP contribution in [-0.2, 0) is 0 Å². The van der Waals surface area contributed by atoms with Crippen LogP contribution in [0.5, 0.6) is 0 Å². The largest absolute Gasteiger partial charge is 0.366 e. The quantitative estimate of drug-likeness (QED) is 0.685. The fourth-order valence-corrected chi connectivity index (χ4v) is 3.52. The highest BCUT2D eigenvalue weighted by Crippen LogP contribution is 2.31. The summed E-state index contributed by atoms with van der Waals surface area (Å²) in [5, 5.41) is 1.61. The second kappa shape index (κ2) is 6.92. The number of benzene rings is 2. The van der Waals surface area contributed by atoms with Crippen LogP contribution < -0.4 is 4.90 Å². The number of carbonyl (C=O) groups excluding carboxylic acids is 1. The lowest BCUT2D eigenvalue weighted by molar-refractivity contribution is 0.0747. The standard InChI is InChI=1S/C20H17ClFN3O/c21-17-7-8-18(19-16(17)2-1-9-23-19)24-10-12-25(13-11-24)20(26)14-3-5-15(22)6-4-14/h1-9H,10-13H2. The van der Waals surface area contributed by atoms with Crippen LogP contribution in [0.1, 0.15) is 10.4 Å². The molecule has 2 aromatic carbocycles. The summed E-state index contributed by atoms with van der Waals surface area (Å²) in [6.45, 7) is 2.63. The van der Waals surface area contributed by atoms with Gasteiger partial charge in [-0.1, -0.05) is 11.6 Å². The van der Waals surface area contributed by atoms with Crippen molar-refractivity contribution in [2.24, 2.45) is 0 Å². The molecule has 1 aliphatic rings. The van der Waals surface area contributed by atoms with Gasteiger partial charge >= 0.3 is 0 Å². The van der Waals surface area contributed by atoms with Crippen molar-refractivity contribution in [3.8, 4) is 0 Å². The van der Waals surface area contributed by atoms with Gasteiger partial charge in [-0.25, -0.2) is 4.39 Å². The molecule has 0 N–H and O–H groups in total. The van der Waals surface area contributed by atoms with E-state index in [9.17, 15) is 9.18 Å². The molecule has 1 saturated heterocycles. The molecule has 1 aliphatic heterocycles. The van der Waals surface area contributed by atoms with Crippen molar-refractivity contribution in [1.29, 1.82) is 0 Å². The fraction of sp³-hybridized carbons (Fsp3) is 0.200. The number of rotatable bonds is 2. The molecule has 4 nitrogen and oxygen atoms in total. The van der Waals surface area contributed by atoms with Gasteiger partial charge < -0.3 is 9.80 Å². The Hall–Kier alpha value is -2.66. The molecule has 132 valence electrons. The number of anilines is 1. The van der Waals surface area contributed by atoms with E-state index >= 15 is 0 Å². The summed E-state index contributed by atoms with van der Waals surface area (Å²) in [5.41, 5.74) is 2.41. The summed E-state index contributed by atoms with van der Waals surface area (Å²) < 4.78 is 13.0. The topological polar surface area (TPSA) is 36.4 Å². The second-order valence-corrected chi connectivity index (χ2v) is 6.66. The number of pyridine rings is 1. The molecule has 1 amide bonds. The molecule has 6 heteroatoms. The van der Waals surface area contributed by atoms with Crippen LogP contribution in [0.4, 0.5) is 10.1 Å². The fourth-order valence-electron chi connectivity index (χ4n) is 3.30. The second-order valence-electron chi connectivity index (χ2n) is 6.25. The maximum Gasteiger partial charge on any atom is 0.253 e. The van der Waals surface area contributed by atoms with Crippen molar-refractivity contribution in [3.63, 3.8) is 0 Å².